The maximum atomic E-state index is 12.0. The zero-order valence-corrected chi connectivity index (χ0v) is 9.21. The Morgan fingerprint density at radius 3 is 3.00 bits per heavy atom. The Morgan fingerprint density at radius 2 is 2.50 bits per heavy atom. The lowest BCUT2D eigenvalue weighted by molar-refractivity contribution is -0.132. The summed E-state index contributed by atoms with van der Waals surface area (Å²) in [6.45, 7) is 0.959. The van der Waals surface area contributed by atoms with Crippen LogP contribution in [0, 0.1) is 0 Å². The molecule has 2 heterocycles. The van der Waals surface area contributed by atoms with Gasteiger partial charge in [0, 0.05) is 31.9 Å². The van der Waals surface area contributed by atoms with Gasteiger partial charge in [-0.25, -0.2) is 0 Å². The lowest BCUT2D eigenvalue weighted by atomic mass is 10.1. The third kappa shape index (κ3) is 2.07. The molecule has 1 aliphatic rings. The van der Waals surface area contributed by atoms with Crippen molar-refractivity contribution in [3.8, 4) is 0 Å². The number of hydrogen-bond donors (Lipinski definition) is 2. The normalized spacial score (nSPS) is 22.4. The molecule has 6 heteroatoms. The van der Waals surface area contributed by atoms with Crippen LogP contribution in [0.15, 0.2) is 12.4 Å². The molecular formula is C10H16N4O2. The SMILES string of the molecule is Cn1cc(C(N)C(=O)N2CC[C@H](O)C2)cn1. The summed E-state index contributed by atoms with van der Waals surface area (Å²) in [6, 6.07) is -0.681. The summed E-state index contributed by atoms with van der Waals surface area (Å²) in [5.41, 5.74) is 6.55. The summed E-state index contributed by atoms with van der Waals surface area (Å²) >= 11 is 0. The smallest absolute Gasteiger partial charge is 0.244 e. The van der Waals surface area contributed by atoms with Crippen LogP contribution in [-0.2, 0) is 11.8 Å². The Kier molecular flexibility index (Phi) is 2.93. The molecule has 1 aromatic rings. The van der Waals surface area contributed by atoms with Crippen molar-refractivity contribution < 1.29 is 9.90 Å². The summed E-state index contributed by atoms with van der Waals surface area (Å²) in [6.07, 6.45) is 3.54. The van der Waals surface area contributed by atoms with Crippen LogP contribution < -0.4 is 5.73 Å². The quantitative estimate of drug-likeness (QED) is 0.675. The lowest BCUT2D eigenvalue weighted by Crippen LogP contribution is -2.37. The van der Waals surface area contributed by atoms with Crippen LogP contribution in [0.5, 0.6) is 0 Å². The summed E-state index contributed by atoms with van der Waals surface area (Å²) in [5.74, 6) is -0.149. The molecule has 1 aromatic heterocycles. The van der Waals surface area contributed by atoms with Crippen LogP contribution in [0.1, 0.15) is 18.0 Å². The van der Waals surface area contributed by atoms with Gasteiger partial charge in [0.2, 0.25) is 5.91 Å². The van der Waals surface area contributed by atoms with Gasteiger partial charge in [-0.05, 0) is 6.42 Å². The van der Waals surface area contributed by atoms with Crippen molar-refractivity contribution in [3.05, 3.63) is 18.0 Å². The average Bonchev–Trinajstić information content (AvgIpc) is 2.85. The first kappa shape index (κ1) is 11.1. The molecule has 16 heavy (non-hydrogen) atoms. The predicted octanol–water partition coefficient (Wildman–Crippen LogP) is -0.987. The third-order valence-corrected chi connectivity index (χ3v) is 2.83. The highest BCUT2D eigenvalue weighted by molar-refractivity contribution is 5.83. The number of nitrogens with zero attached hydrogens (tertiary/aromatic N) is 3. The summed E-state index contributed by atoms with van der Waals surface area (Å²) in [4.78, 5) is 13.6. The first-order valence-corrected chi connectivity index (χ1v) is 5.29. The number of β-amino-alcohol motifs (C(OH)–C–C–N with tert-alkyl or cyclic N) is 1. The second-order valence-corrected chi connectivity index (χ2v) is 4.15. The zero-order chi connectivity index (χ0) is 11.7. The van der Waals surface area contributed by atoms with E-state index in [-0.39, 0.29) is 5.91 Å². The van der Waals surface area contributed by atoms with Gasteiger partial charge in [-0.3, -0.25) is 9.48 Å². The molecule has 1 amide bonds. The van der Waals surface area contributed by atoms with Gasteiger partial charge < -0.3 is 15.7 Å². The van der Waals surface area contributed by atoms with Gasteiger partial charge in [0.1, 0.15) is 6.04 Å². The van der Waals surface area contributed by atoms with Gasteiger partial charge in [-0.15, -0.1) is 0 Å². The molecule has 1 fully saturated rings. The lowest BCUT2D eigenvalue weighted by Gasteiger charge is -2.19. The number of aliphatic hydroxyl groups is 1. The fourth-order valence-electron chi connectivity index (χ4n) is 1.88. The molecule has 0 radical (unpaired) electrons. The molecular weight excluding hydrogens is 208 g/mol. The van der Waals surface area contributed by atoms with E-state index >= 15 is 0 Å². The van der Waals surface area contributed by atoms with E-state index in [1.807, 2.05) is 0 Å². The van der Waals surface area contributed by atoms with Crippen molar-refractivity contribution >= 4 is 5.91 Å². The molecule has 0 aromatic carbocycles. The van der Waals surface area contributed by atoms with Crippen LogP contribution in [0.4, 0.5) is 0 Å². The van der Waals surface area contributed by atoms with Gasteiger partial charge >= 0.3 is 0 Å². The van der Waals surface area contributed by atoms with E-state index in [1.165, 1.54) is 0 Å². The Labute approximate surface area is 93.6 Å². The van der Waals surface area contributed by atoms with Crippen molar-refractivity contribution in [1.29, 1.82) is 0 Å². The zero-order valence-electron chi connectivity index (χ0n) is 9.21. The Hall–Kier alpha value is -1.40. The van der Waals surface area contributed by atoms with Crippen molar-refractivity contribution in [1.82, 2.24) is 14.7 Å². The van der Waals surface area contributed by atoms with Gasteiger partial charge in [0.05, 0.1) is 12.3 Å². The van der Waals surface area contributed by atoms with Gasteiger partial charge in [0.25, 0.3) is 0 Å². The number of carbonyl (C=O) groups is 1. The molecule has 88 valence electrons. The van der Waals surface area contributed by atoms with E-state index in [4.69, 9.17) is 5.73 Å². The highest BCUT2D eigenvalue weighted by Crippen LogP contribution is 2.16. The fourth-order valence-corrected chi connectivity index (χ4v) is 1.88. The van der Waals surface area contributed by atoms with Crippen molar-refractivity contribution in [2.45, 2.75) is 18.6 Å². The summed E-state index contributed by atoms with van der Waals surface area (Å²) in [5, 5.41) is 13.3. The molecule has 3 N–H and O–H groups in total. The van der Waals surface area contributed by atoms with E-state index < -0.39 is 12.1 Å². The molecule has 1 saturated heterocycles. The Balaban J connectivity index is 2.04. The molecule has 2 atom stereocenters. The predicted molar refractivity (Wildman–Crippen MR) is 57.3 cm³/mol. The maximum Gasteiger partial charge on any atom is 0.244 e. The number of rotatable bonds is 2. The van der Waals surface area contributed by atoms with Crippen molar-refractivity contribution in [2.75, 3.05) is 13.1 Å². The van der Waals surface area contributed by atoms with Crippen LogP contribution in [-0.4, -0.2) is 44.9 Å². The number of nitrogens with two attached hydrogens (primary N) is 1. The van der Waals surface area contributed by atoms with Gasteiger partial charge in [0.15, 0.2) is 0 Å². The molecule has 0 aliphatic carbocycles. The Morgan fingerprint density at radius 1 is 1.75 bits per heavy atom. The largest absolute Gasteiger partial charge is 0.391 e. The first-order chi connectivity index (χ1) is 7.58. The van der Waals surface area contributed by atoms with Crippen LogP contribution in [0.25, 0.3) is 0 Å². The average molecular weight is 224 g/mol. The van der Waals surface area contributed by atoms with E-state index in [2.05, 4.69) is 5.10 Å². The number of aromatic nitrogens is 2. The minimum atomic E-state index is -0.681. The number of hydrogen-bond acceptors (Lipinski definition) is 4. The van der Waals surface area contributed by atoms with Crippen LogP contribution in [0.3, 0.4) is 0 Å². The third-order valence-electron chi connectivity index (χ3n) is 2.83. The topological polar surface area (TPSA) is 84.4 Å². The Bertz CT molecular complexity index is 390. The number of aryl methyl sites for hydroxylation is 1. The minimum Gasteiger partial charge on any atom is -0.391 e. The van der Waals surface area contributed by atoms with E-state index in [0.717, 1.165) is 0 Å². The number of likely N-dealkylation sites (tertiary alicyclic amines) is 1. The minimum absolute atomic E-state index is 0.149. The van der Waals surface area contributed by atoms with Gasteiger partial charge in [-0.2, -0.15) is 5.10 Å². The molecule has 0 spiro atoms. The van der Waals surface area contributed by atoms with E-state index in [1.54, 1.807) is 29.0 Å². The second kappa shape index (κ2) is 4.23. The van der Waals surface area contributed by atoms with Crippen LogP contribution >= 0.6 is 0 Å². The summed E-state index contributed by atoms with van der Waals surface area (Å²) in [7, 11) is 1.78. The molecule has 0 saturated carbocycles. The number of aliphatic hydroxyl groups excluding tert-OH is 1. The molecule has 0 bridgehead atoms. The highest BCUT2D eigenvalue weighted by Gasteiger charge is 2.29. The van der Waals surface area contributed by atoms with Crippen LogP contribution in [0.2, 0.25) is 0 Å². The highest BCUT2D eigenvalue weighted by atomic mass is 16.3. The maximum absolute atomic E-state index is 12.0. The first-order valence-electron chi connectivity index (χ1n) is 5.29. The van der Waals surface area contributed by atoms with Crippen molar-refractivity contribution in [2.24, 2.45) is 12.8 Å². The second-order valence-electron chi connectivity index (χ2n) is 4.15. The molecule has 6 nitrogen and oxygen atoms in total. The standard InChI is InChI=1S/C10H16N4O2/c1-13-5-7(4-12-13)9(11)10(16)14-3-2-8(15)6-14/h4-5,8-9,15H,2-3,6,11H2,1H3/t8-,9?/m0/s1. The molecule has 1 unspecified atom stereocenters. The number of carbonyl (C=O) groups excluding carboxylic acids is 1. The molecule has 2 rings (SSSR count). The number of amides is 1. The molecule has 1 aliphatic heterocycles. The van der Waals surface area contributed by atoms with Crippen molar-refractivity contribution in [3.63, 3.8) is 0 Å². The van der Waals surface area contributed by atoms with E-state index in [9.17, 15) is 9.90 Å². The van der Waals surface area contributed by atoms with E-state index in [0.29, 0.717) is 25.1 Å². The van der Waals surface area contributed by atoms with Gasteiger partial charge in [-0.1, -0.05) is 0 Å². The fraction of sp³-hybridized carbons (Fsp3) is 0.600. The summed E-state index contributed by atoms with van der Waals surface area (Å²) < 4.78 is 1.61. The monoisotopic (exact) mass is 224 g/mol.